The highest BCUT2D eigenvalue weighted by Gasteiger charge is 2.28. The average molecular weight is 371 g/mol. The molecule has 1 aliphatic heterocycles. The molecule has 0 N–H and O–H groups in total. The number of piperazine rings is 1. The summed E-state index contributed by atoms with van der Waals surface area (Å²) in [6.07, 6.45) is 0. The Bertz CT molecular complexity index is 789. The summed E-state index contributed by atoms with van der Waals surface area (Å²) < 4.78 is 26.9. The van der Waals surface area contributed by atoms with Crippen LogP contribution in [0.5, 0.6) is 0 Å². The van der Waals surface area contributed by atoms with Crippen molar-refractivity contribution in [3.8, 4) is 0 Å². The zero-order valence-corrected chi connectivity index (χ0v) is 14.7. The second kappa shape index (κ2) is 6.69. The fraction of sp³-hybridized carbons (Fsp3) is 0.250. The summed E-state index contributed by atoms with van der Waals surface area (Å²) >= 11 is 11.8. The van der Waals surface area contributed by atoms with Gasteiger partial charge in [-0.3, -0.25) is 0 Å². The van der Waals surface area contributed by atoms with Gasteiger partial charge in [0.05, 0.1) is 14.9 Å². The van der Waals surface area contributed by atoms with E-state index in [1.165, 1.54) is 22.5 Å². The molecule has 0 radical (unpaired) electrons. The number of benzene rings is 2. The van der Waals surface area contributed by atoms with Gasteiger partial charge in [0.2, 0.25) is 10.0 Å². The van der Waals surface area contributed by atoms with E-state index < -0.39 is 10.0 Å². The first-order valence-corrected chi connectivity index (χ1v) is 9.43. The lowest BCUT2D eigenvalue weighted by Gasteiger charge is -2.35. The van der Waals surface area contributed by atoms with Crippen molar-refractivity contribution in [3.05, 3.63) is 58.6 Å². The molecule has 3 rings (SSSR count). The minimum absolute atomic E-state index is 0.181. The molecule has 1 heterocycles. The van der Waals surface area contributed by atoms with Gasteiger partial charge in [0.15, 0.2) is 0 Å². The van der Waals surface area contributed by atoms with Crippen molar-refractivity contribution >= 4 is 38.9 Å². The van der Waals surface area contributed by atoms with Gasteiger partial charge < -0.3 is 4.90 Å². The minimum Gasteiger partial charge on any atom is -0.369 e. The molecule has 0 amide bonds. The maximum Gasteiger partial charge on any atom is 0.243 e. The number of sulfonamides is 1. The molecule has 0 aliphatic carbocycles. The fourth-order valence-electron chi connectivity index (χ4n) is 2.61. The van der Waals surface area contributed by atoms with Crippen LogP contribution in [-0.2, 0) is 10.0 Å². The van der Waals surface area contributed by atoms with Crippen molar-refractivity contribution in [1.29, 1.82) is 0 Å². The van der Waals surface area contributed by atoms with Crippen LogP contribution in [0.3, 0.4) is 0 Å². The first-order valence-electron chi connectivity index (χ1n) is 7.24. The molecule has 2 aromatic rings. The van der Waals surface area contributed by atoms with Gasteiger partial charge in [-0.05, 0) is 30.3 Å². The van der Waals surface area contributed by atoms with Gasteiger partial charge in [0.1, 0.15) is 0 Å². The Balaban J connectivity index is 1.75. The number of hydrogen-bond acceptors (Lipinski definition) is 3. The summed E-state index contributed by atoms with van der Waals surface area (Å²) in [6.45, 7) is 2.20. The summed E-state index contributed by atoms with van der Waals surface area (Å²) in [4.78, 5) is 2.36. The standard InChI is InChI=1S/C16H16Cl2N2O2S/c17-15-7-6-14(12-16(15)18)23(21,22)20-10-8-19(9-11-20)13-4-2-1-3-5-13/h1-7,12H,8-11H2. The lowest BCUT2D eigenvalue weighted by Crippen LogP contribution is -2.48. The minimum atomic E-state index is -3.54. The number of nitrogens with zero attached hydrogens (tertiary/aromatic N) is 2. The second-order valence-corrected chi connectivity index (χ2v) is 8.05. The average Bonchev–Trinajstić information content (AvgIpc) is 2.58. The highest BCUT2D eigenvalue weighted by Crippen LogP contribution is 2.27. The third kappa shape index (κ3) is 3.48. The number of anilines is 1. The van der Waals surface area contributed by atoms with Crippen LogP contribution in [0, 0.1) is 0 Å². The van der Waals surface area contributed by atoms with Crippen molar-refractivity contribution in [2.24, 2.45) is 0 Å². The van der Waals surface area contributed by atoms with E-state index in [4.69, 9.17) is 23.2 Å². The molecule has 0 unspecified atom stereocenters. The number of hydrogen-bond donors (Lipinski definition) is 0. The van der Waals surface area contributed by atoms with Crippen LogP contribution in [0.25, 0.3) is 0 Å². The number of halogens is 2. The van der Waals surface area contributed by atoms with Crippen LogP contribution in [0.1, 0.15) is 0 Å². The fourth-order valence-corrected chi connectivity index (χ4v) is 4.42. The molecule has 0 spiro atoms. The van der Waals surface area contributed by atoms with Crippen LogP contribution in [0.2, 0.25) is 10.0 Å². The van der Waals surface area contributed by atoms with Gasteiger partial charge in [0, 0.05) is 31.9 Å². The molecule has 23 heavy (non-hydrogen) atoms. The summed E-state index contributed by atoms with van der Waals surface area (Å²) in [6, 6.07) is 14.4. The molecule has 0 bridgehead atoms. The number of para-hydroxylation sites is 1. The van der Waals surface area contributed by atoms with Gasteiger partial charge in [-0.25, -0.2) is 8.42 Å². The van der Waals surface area contributed by atoms with E-state index in [9.17, 15) is 8.42 Å². The molecule has 0 saturated carbocycles. The summed E-state index contributed by atoms with van der Waals surface area (Å²) in [5, 5.41) is 0.593. The monoisotopic (exact) mass is 370 g/mol. The SMILES string of the molecule is O=S(=O)(c1ccc(Cl)c(Cl)c1)N1CCN(c2ccccc2)CC1. The zero-order valence-electron chi connectivity index (χ0n) is 12.3. The largest absolute Gasteiger partial charge is 0.369 e. The Morgan fingerprint density at radius 3 is 2.09 bits per heavy atom. The van der Waals surface area contributed by atoms with Gasteiger partial charge >= 0.3 is 0 Å². The van der Waals surface area contributed by atoms with Gasteiger partial charge in [0.25, 0.3) is 0 Å². The molecule has 1 fully saturated rings. The molecule has 2 aromatic carbocycles. The van der Waals surface area contributed by atoms with Crippen molar-refractivity contribution in [1.82, 2.24) is 4.31 Å². The lowest BCUT2D eigenvalue weighted by atomic mass is 10.2. The maximum atomic E-state index is 12.7. The van der Waals surface area contributed by atoms with Gasteiger partial charge in [-0.2, -0.15) is 4.31 Å². The normalized spacial score (nSPS) is 16.5. The summed E-state index contributed by atoms with van der Waals surface area (Å²) in [5.74, 6) is 0. The highest BCUT2D eigenvalue weighted by atomic mass is 35.5. The summed E-state index contributed by atoms with van der Waals surface area (Å²) in [7, 11) is -3.54. The maximum absolute atomic E-state index is 12.7. The smallest absolute Gasteiger partial charge is 0.243 e. The third-order valence-corrected chi connectivity index (χ3v) is 6.52. The Morgan fingerprint density at radius 1 is 0.826 bits per heavy atom. The summed E-state index contributed by atoms with van der Waals surface area (Å²) in [5.41, 5.74) is 1.11. The Hall–Kier alpha value is -1.27. The van der Waals surface area contributed by atoms with E-state index in [0.717, 1.165) is 5.69 Å². The lowest BCUT2D eigenvalue weighted by molar-refractivity contribution is 0.385. The van der Waals surface area contributed by atoms with Crippen molar-refractivity contribution < 1.29 is 8.42 Å². The van der Waals surface area contributed by atoms with Crippen LogP contribution in [0.15, 0.2) is 53.4 Å². The van der Waals surface area contributed by atoms with E-state index in [1.807, 2.05) is 30.3 Å². The van der Waals surface area contributed by atoms with E-state index in [2.05, 4.69) is 4.90 Å². The first kappa shape index (κ1) is 16.6. The molecular formula is C16H16Cl2N2O2S. The van der Waals surface area contributed by atoms with E-state index in [0.29, 0.717) is 31.2 Å². The highest BCUT2D eigenvalue weighted by molar-refractivity contribution is 7.89. The predicted octanol–water partition coefficient (Wildman–Crippen LogP) is 3.50. The molecule has 0 aromatic heterocycles. The third-order valence-electron chi connectivity index (χ3n) is 3.89. The number of rotatable bonds is 3. The van der Waals surface area contributed by atoms with Crippen LogP contribution in [0.4, 0.5) is 5.69 Å². The Labute approximate surface area is 146 Å². The molecule has 4 nitrogen and oxygen atoms in total. The zero-order chi connectivity index (χ0) is 16.4. The van der Waals surface area contributed by atoms with Crippen molar-refractivity contribution in [2.45, 2.75) is 4.90 Å². The molecule has 1 saturated heterocycles. The van der Waals surface area contributed by atoms with Crippen LogP contribution >= 0.6 is 23.2 Å². The quantitative estimate of drug-likeness (QED) is 0.829. The molecule has 1 aliphatic rings. The van der Waals surface area contributed by atoms with Crippen molar-refractivity contribution in [2.75, 3.05) is 31.1 Å². The predicted molar refractivity (Wildman–Crippen MR) is 93.9 cm³/mol. The van der Waals surface area contributed by atoms with E-state index in [-0.39, 0.29) is 9.92 Å². The molecule has 0 atom stereocenters. The van der Waals surface area contributed by atoms with E-state index >= 15 is 0 Å². The molecular weight excluding hydrogens is 355 g/mol. The van der Waals surface area contributed by atoms with Gasteiger partial charge in [-0.1, -0.05) is 41.4 Å². The van der Waals surface area contributed by atoms with Gasteiger partial charge in [-0.15, -0.1) is 0 Å². The molecule has 122 valence electrons. The first-order chi connectivity index (χ1) is 11.0. The Morgan fingerprint density at radius 2 is 1.48 bits per heavy atom. The van der Waals surface area contributed by atoms with Crippen LogP contribution in [-0.4, -0.2) is 38.9 Å². The Kier molecular flexibility index (Phi) is 4.82. The van der Waals surface area contributed by atoms with Crippen LogP contribution < -0.4 is 4.90 Å². The topological polar surface area (TPSA) is 40.6 Å². The second-order valence-electron chi connectivity index (χ2n) is 5.30. The van der Waals surface area contributed by atoms with E-state index in [1.54, 1.807) is 0 Å². The van der Waals surface area contributed by atoms with Crippen molar-refractivity contribution in [3.63, 3.8) is 0 Å². The molecule has 7 heteroatoms.